The van der Waals surface area contributed by atoms with E-state index in [9.17, 15) is 13.2 Å². The summed E-state index contributed by atoms with van der Waals surface area (Å²) in [6, 6.07) is 3.94. The van der Waals surface area contributed by atoms with Gasteiger partial charge in [-0.05, 0) is 69.3 Å². The van der Waals surface area contributed by atoms with E-state index in [0.717, 1.165) is 59.5 Å². The SMILES string of the molecule is CCS(=O)(=O)N1CCC(c2c[nH]c3c(C(N)=O)cc(-c4ncc(CN5CCCCC5)s4)cc23)CC1. The van der Waals surface area contributed by atoms with E-state index in [-0.39, 0.29) is 11.7 Å². The largest absolute Gasteiger partial charge is 0.366 e. The van der Waals surface area contributed by atoms with Crippen molar-refractivity contribution in [1.82, 2.24) is 19.2 Å². The number of nitrogens with zero attached hydrogens (tertiary/aromatic N) is 3. The number of likely N-dealkylation sites (tertiary alicyclic amines) is 1. The Morgan fingerprint density at radius 2 is 1.91 bits per heavy atom. The zero-order chi connectivity index (χ0) is 24.6. The molecule has 188 valence electrons. The third-order valence-corrected chi connectivity index (χ3v) is 10.3. The Morgan fingerprint density at radius 1 is 1.17 bits per heavy atom. The molecule has 0 radical (unpaired) electrons. The second kappa shape index (κ2) is 10.0. The van der Waals surface area contributed by atoms with Crippen LogP contribution in [0.1, 0.15) is 65.7 Å². The van der Waals surface area contributed by atoms with Gasteiger partial charge in [-0.15, -0.1) is 11.3 Å². The zero-order valence-electron chi connectivity index (χ0n) is 20.1. The molecular weight excluding hydrogens is 482 g/mol. The van der Waals surface area contributed by atoms with E-state index in [2.05, 4.69) is 20.9 Å². The monoisotopic (exact) mass is 515 g/mol. The molecule has 0 aliphatic carbocycles. The number of hydrogen-bond donors (Lipinski definition) is 2. The van der Waals surface area contributed by atoms with Gasteiger partial charge in [0.15, 0.2) is 0 Å². The van der Waals surface area contributed by atoms with Crippen LogP contribution in [0.4, 0.5) is 0 Å². The molecule has 4 heterocycles. The van der Waals surface area contributed by atoms with E-state index < -0.39 is 15.9 Å². The molecule has 0 spiro atoms. The molecule has 3 aromatic rings. The second-order valence-electron chi connectivity index (χ2n) is 9.60. The highest BCUT2D eigenvalue weighted by Gasteiger charge is 2.29. The molecule has 5 rings (SSSR count). The first-order chi connectivity index (χ1) is 16.9. The Bertz CT molecular complexity index is 1320. The topological polar surface area (TPSA) is 112 Å². The molecule has 0 unspecified atom stereocenters. The quantitative estimate of drug-likeness (QED) is 0.496. The predicted octanol–water partition coefficient (Wildman–Crippen LogP) is 3.91. The summed E-state index contributed by atoms with van der Waals surface area (Å²) in [7, 11) is -3.17. The minimum absolute atomic E-state index is 0.129. The molecular formula is C25H33N5O3S2. The highest BCUT2D eigenvalue weighted by Crippen LogP contribution is 2.38. The molecule has 2 saturated heterocycles. The molecule has 2 aliphatic heterocycles. The van der Waals surface area contributed by atoms with Crippen LogP contribution in [0.25, 0.3) is 21.5 Å². The van der Waals surface area contributed by atoms with Gasteiger partial charge in [-0.3, -0.25) is 9.69 Å². The number of nitrogens with two attached hydrogens (primary N) is 1. The lowest BCUT2D eigenvalue weighted by molar-refractivity contribution is 0.100. The van der Waals surface area contributed by atoms with Gasteiger partial charge in [0.1, 0.15) is 5.01 Å². The highest BCUT2D eigenvalue weighted by molar-refractivity contribution is 7.89. The fourth-order valence-corrected chi connectivity index (χ4v) is 7.46. The number of fused-ring (bicyclic) bond motifs is 1. The fraction of sp³-hybridized carbons (Fsp3) is 0.520. The molecule has 1 aromatic carbocycles. The van der Waals surface area contributed by atoms with Crippen molar-refractivity contribution in [3.63, 3.8) is 0 Å². The van der Waals surface area contributed by atoms with Gasteiger partial charge in [0, 0.05) is 47.9 Å². The first kappa shape index (κ1) is 24.4. The van der Waals surface area contributed by atoms with E-state index in [4.69, 9.17) is 5.73 Å². The van der Waals surface area contributed by atoms with Crippen LogP contribution in [0.15, 0.2) is 24.5 Å². The maximum absolute atomic E-state index is 12.3. The number of aromatic nitrogens is 2. The van der Waals surface area contributed by atoms with E-state index in [0.29, 0.717) is 18.7 Å². The predicted molar refractivity (Wildman–Crippen MR) is 140 cm³/mol. The van der Waals surface area contributed by atoms with Gasteiger partial charge >= 0.3 is 0 Å². The van der Waals surface area contributed by atoms with Crippen LogP contribution in [0, 0.1) is 0 Å². The minimum atomic E-state index is -3.17. The molecule has 2 aromatic heterocycles. The van der Waals surface area contributed by atoms with Gasteiger partial charge in [0.25, 0.3) is 5.91 Å². The van der Waals surface area contributed by atoms with Crippen LogP contribution in [-0.2, 0) is 16.6 Å². The summed E-state index contributed by atoms with van der Waals surface area (Å²) < 4.78 is 26.1. The minimum Gasteiger partial charge on any atom is -0.366 e. The van der Waals surface area contributed by atoms with Gasteiger partial charge in [0.05, 0.1) is 16.8 Å². The lowest BCUT2D eigenvalue weighted by Crippen LogP contribution is -2.38. The Hall–Kier alpha value is -2.27. The van der Waals surface area contributed by atoms with Crippen molar-refractivity contribution >= 4 is 38.2 Å². The van der Waals surface area contributed by atoms with Crippen LogP contribution in [0.3, 0.4) is 0 Å². The highest BCUT2D eigenvalue weighted by atomic mass is 32.2. The fourth-order valence-electron chi connectivity index (χ4n) is 5.39. The van der Waals surface area contributed by atoms with Crippen molar-refractivity contribution in [2.75, 3.05) is 31.9 Å². The number of carbonyl (C=O) groups excluding carboxylic acids is 1. The summed E-state index contributed by atoms with van der Waals surface area (Å²) in [5.74, 6) is -0.128. The number of aromatic amines is 1. The van der Waals surface area contributed by atoms with E-state index >= 15 is 0 Å². The van der Waals surface area contributed by atoms with Crippen LogP contribution in [-0.4, -0.2) is 65.4 Å². The standard InChI is InChI=1S/C25H33N5O3S2/c1-2-35(32,33)30-10-6-17(7-11-30)22-15-27-23-20(22)12-18(13-21(23)24(26)31)25-28-14-19(34-25)16-29-8-4-3-5-9-29/h12-15,17,27H,2-11,16H2,1H3,(H2,26,31). The maximum atomic E-state index is 12.3. The summed E-state index contributed by atoms with van der Waals surface area (Å²) in [5, 5.41) is 1.86. The van der Waals surface area contributed by atoms with Gasteiger partial charge in [-0.2, -0.15) is 0 Å². The molecule has 0 atom stereocenters. The molecule has 0 saturated carbocycles. The van der Waals surface area contributed by atoms with Crippen molar-refractivity contribution in [2.24, 2.45) is 5.73 Å². The Labute approximate surface area is 210 Å². The number of carbonyl (C=O) groups is 1. The molecule has 10 heteroatoms. The normalized spacial score (nSPS) is 18.9. The molecule has 2 fully saturated rings. The molecule has 1 amide bonds. The third-order valence-electron chi connectivity index (χ3n) is 7.37. The number of sulfonamides is 1. The summed E-state index contributed by atoms with van der Waals surface area (Å²) in [6.45, 7) is 5.90. The number of benzene rings is 1. The van der Waals surface area contributed by atoms with Crippen molar-refractivity contribution in [1.29, 1.82) is 0 Å². The molecule has 0 bridgehead atoms. The van der Waals surface area contributed by atoms with Gasteiger partial charge in [-0.25, -0.2) is 17.7 Å². The number of H-pyrrole nitrogens is 1. The summed E-state index contributed by atoms with van der Waals surface area (Å²) in [4.78, 5) is 24.0. The van der Waals surface area contributed by atoms with Crippen molar-refractivity contribution in [2.45, 2.75) is 51.5 Å². The number of amides is 1. The van der Waals surface area contributed by atoms with Crippen molar-refractivity contribution in [3.05, 3.63) is 40.5 Å². The van der Waals surface area contributed by atoms with Gasteiger partial charge < -0.3 is 10.7 Å². The number of piperidine rings is 2. The first-order valence-electron chi connectivity index (χ1n) is 12.5. The third kappa shape index (κ3) is 5.02. The van der Waals surface area contributed by atoms with Gasteiger partial charge in [0.2, 0.25) is 10.0 Å². The Balaban J connectivity index is 1.44. The van der Waals surface area contributed by atoms with E-state index in [1.165, 1.54) is 24.1 Å². The smallest absolute Gasteiger partial charge is 0.250 e. The number of thiazole rings is 1. The average molecular weight is 516 g/mol. The number of rotatable bonds is 7. The second-order valence-corrected chi connectivity index (χ2v) is 13.0. The molecule has 8 nitrogen and oxygen atoms in total. The van der Waals surface area contributed by atoms with Gasteiger partial charge in [-0.1, -0.05) is 6.42 Å². The van der Waals surface area contributed by atoms with Crippen LogP contribution in [0.5, 0.6) is 0 Å². The number of primary amides is 1. The lowest BCUT2D eigenvalue weighted by Gasteiger charge is -2.31. The average Bonchev–Trinajstić information content (AvgIpc) is 3.51. The summed E-state index contributed by atoms with van der Waals surface area (Å²) >= 11 is 1.67. The molecule has 35 heavy (non-hydrogen) atoms. The lowest BCUT2D eigenvalue weighted by atomic mass is 9.89. The molecule has 2 aliphatic rings. The zero-order valence-corrected chi connectivity index (χ0v) is 21.8. The molecule has 3 N–H and O–H groups in total. The van der Waals surface area contributed by atoms with E-state index in [1.54, 1.807) is 22.6 Å². The number of nitrogens with one attached hydrogen (secondary N) is 1. The van der Waals surface area contributed by atoms with Crippen LogP contribution in [0.2, 0.25) is 0 Å². The van der Waals surface area contributed by atoms with Crippen LogP contribution >= 0.6 is 11.3 Å². The maximum Gasteiger partial charge on any atom is 0.250 e. The Kier molecular flexibility index (Phi) is 6.98. The van der Waals surface area contributed by atoms with Crippen molar-refractivity contribution < 1.29 is 13.2 Å². The van der Waals surface area contributed by atoms with E-state index in [1.807, 2.05) is 18.5 Å². The Morgan fingerprint density at radius 3 is 2.60 bits per heavy atom. The van der Waals surface area contributed by atoms with Crippen LogP contribution < -0.4 is 5.73 Å². The number of hydrogen-bond acceptors (Lipinski definition) is 6. The van der Waals surface area contributed by atoms with Crippen molar-refractivity contribution in [3.8, 4) is 10.6 Å². The summed E-state index contributed by atoms with van der Waals surface area (Å²) in [6.07, 6.45) is 9.23. The first-order valence-corrected chi connectivity index (χ1v) is 14.9. The summed E-state index contributed by atoms with van der Waals surface area (Å²) in [5.41, 5.74) is 8.98.